The molecule has 0 unspecified atom stereocenters. The topological polar surface area (TPSA) is 26.0 Å². The van der Waals surface area contributed by atoms with Crippen molar-refractivity contribution in [2.24, 2.45) is 5.40 Å². The van der Waals surface area contributed by atoms with Crippen LogP contribution in [0.25, 0.3) is 0 Å². The number of hydrogen-bond acceptors (Lipinski definition) is 1. The Hall–Kier alpha value is 1.05. The SMILES string of the molecule is N[SiH2]C(Cl)(Cl)Cl. The van der Waals surface area contributed by atoms with Gasteiger partial charge in [0.05, 0.1) is 0 Å². The number of hydrogen-bond donors (Lipinski definition) is 1. The summed E-state index contributed by atoms with van der Waals surface area (Å²) in [5.41, 5.74) is 0. The Bertz CT molecular complexity index is 40.5. The smallest absolute Gasteiger partial charge is 0.184 e. The van der Waals surface area contributed by atoms with Crippen LogP contribution in [0.15, 0.2) is 0 Å². The second kappa shape index (κ2) is 2.38. The first-order chi connectivity index (χ1) is 2.56. The van der Waals surface area contributed by atoms with Crippen molar-refractivity contribution in [3.63, 3.8) is 0 Å². The molecule has 0 aliphatic carbocycles. The second-order valence-electron chi connectivity index (χ2n) is 0.819. The van der Waals surface area contributed by atoms with Gasteiger partial charge < -0.3 is 5.40 Å². The van der Waals surface area contributed by atoms with Crippen LogP contribution in [0.4, 0.5) is 0 Å². The van der Waals surface area contributed by atoms with Crippen LogP contribution in [0, 0.1) is 0 Å². The molecule has 0 heterocycles. The highest BCUT2D eigenvalue weighted by atomic mass is 35.6. The van der Waals surface area contributed by atoms with Gasteiger partial charge in [0.1, 0.15) is 0 Å². The van der Waals surface area contributed by atoms with Gasteiger partial charge in [-0.05, 0) is 0 Å². The fourth-order valence-electron chi connectivity index (χ4n) is 0. The third-order valence-corrected chi connectivity index (χ3v) is 2.08. The van der Waals surface area contributed by atoms with Gasteiger partial charge in [0.25, 0.3) is 0 Å². The van der Waals surface area contributed by atoms with Crippen molar-refractivity contribution in [1.29, 1.82) is 0 Å². The summed E-state index contributed by atoms with van der Waals surface area (Å²) in [6.07, 6.45) is 0. The molecule has 5 heteroatoms. The zero-order valence-electron chi connectivity index (χ0n) is 2.92. The minimum absolute atomic E-state index is 0.951. The highest BCUT2D eigenvalue weighted by Crippen LogP contribution is 2.21. The average molecular weight is 164 g/mol. The van der Waals surface area contributed by atoms with E-state index < -0.39 is 13.1 Å². The summed E-state index contributed by atoms with van der Waals surface area (Å²) in [7, 11) is -0.951. The van der Waals surface area contributed by atoms with Crippen molar-refractivity contribution < 1.29 is 0 Å². The minimum atomic E-state index is -1.12. The first-order valence-corrected chi connectivity index (χ1v) is 3.99. The lowest BCUT2D eigenvalue weighted by atomic mass is 11.8. The Morgan fingerprint density at radius 2 is 1.50 bits per heavy atom. The van der Waals surface area contributed by atoms with Crippen molar-refractivity contribution in [2.45, 2.75) is 3.42 Å². The Morgan fingerprint density at radius 3 is 1.50 bits per heavy atom. The molecule has 0 aromatic carbocycles. The van der Waals surface area contributed by atoms with Gasteiger partial charge in [-0.2, -0.15) is 0 Å². The van der Waals surface area contributed by atoms with Crippen LogP contribution >= 0.6 is 34.8 Å². The molecular formula is CH4Cl3NSi. The largest absolute Gasteiger partial charge is 0.352 e. The van der Waals surface area contributed by atoms with Gasteiger partial charge in [0, 0.05) is 0 Å². The number of alkyl halides is 3. The van der Waals surface area contributed by atoms with Crippen LogP contribution in [-0.4, -0.2) is 13.1 Å². The Balaban J connectivity index is 3.17. The summed E-state index contributed by atoms with van der Waals surface area (Å²) >= 11 is 15.6. The fourth-order valence-corrected chi connectivity index (χ4v) is 0. The van der Waals surface area contributed by atoms with Crippen LogP contribution < -0.4 is 5.40 Å². The van der Waals surface area contributed by atoms with Gasteiger partial charge in [-0.3, -0.25) is 0 Å². The quantitative estimate of drug-likeness (QED) is 0.406. The van der Waals surface area contributed by atoms with E-state index in [1.54, 1.807) is 0 Å². The van der Waals surface area contributed by atoms with Crippen LogP contribution in [0.3, 0.4) is 0 Å². The molecule has 0 radical (unpaired) electrons. The monoisotopic (exact) mass is 163 g/mol. The molecule has 0 saturated heterocycles. The summed E-state index contributed by atoms with van der Waals surface area (Å²) in [6.45, 7) is 0. The van der Waals surface area contributed by atoms with E-state index in [2.05, 4.69) is 0 Å². The Labute approximate surface area is 53.6 Å². The molecule has 0 aliphatic rings. The van der Waals surface area contributed by atoms with Gasteiger partial charge in [0.15, 0.2) is 13.1 Å². The summed E-state index contributed by atoms with van der Waals surface area (Å²) in [5, 5.41) is 5.05. The fraction of sp³-hybridized carbons (Fsp3) is 1.00. The van der Waals surface area contributed by atoms with Crippen molar-refractivity contribution >= 4 is 44.5 Å². The van der Waals surface area contributed by atoms with E-state index in [-0.39, 0.29) is 0 Å². The van der Waals surface area contributed by atoms with Crippen molar-refractivity contribution in [3.8, 4) is 0 Å². The van der Waals surface area contributed by atoms with E-state index in [4.69, 9.17) is 40.2 Å². The molecule has 0 aromatic heterocycles. The highest BCUT2D eigenvalue weighted by Gasteiger charge is 2.15. The van der Waals surface area contributed by atoms with Crippen LogP contribution in [0.1, 0.15) is 0 Å². The van der Waals surface area contributed by atoms with Gasteiger partial charge in [0.2, 0.25) is 0 Å². The average Bonchev–Trinajstić information content (AvgIpc) is 1.35. The molecule has 38 valence electrons. The van der Waals surface area contributed by atoms with Gasteiger partial charge in [-0.25, -0.2) is 0 Å². The molecule has 0 spiro atoms. The van der Waals surface area contributed by atoms with E-state index >= 15 is 0 Å². The zero-order valence-corrected chi connectivity index (χ0v) is 6.60. The number of nitrogens with two attached hydrogens (primary N) is 1. The molecule has 0 saturated carbocycles. The molecular weight excluding hydrogens is 160 g/mol. The second-order valence-corrected chi connectivity index (χ2v) is 6.15. The lowest BCUT2D eigenvalue weighted by Gasteiger charge is -2.01. The first kappa shape index (κ1) is 7.05. The molecule has 0 fully saturated rings. The first-order valence-electron chi connectivity index (χ1n) is 1.33. The van der Waals surface area contributed by atoms with Crippen molar-refractivity contribution in [2.75, 3.05) is 0 Å². The Morgan fingerprint density at radius 1 is 1.33 bits per heavy atom. The molecule has 0 rings (SSSR count). The minimum Gasteiger partial charge on any atom is -0.352 e. The lowest BCUT2D eigenvalue weighted by molar-refractivity contribution is 1.63. The highest BCUT2D eigenvalue weighted by molar-refractivity contribution is 6.86. The molecule has 0 aromatic rings. The molecule has 2 N–H and O–H groups in total. The molecule has 0 atom stereocenters. The van der Waals surface area contributed by atoms with Gasteiger partial charge in [-0.15, -0.1) is 0 Å². The third-order valence-electron chi connectivity index (χ3n) is 0.231. The van der Waals surface area contributed by atoms with E-state index in [1.807, 2.05) is 0 Å². The predicted molar refractivity (Wildman–Crippen MR) is 33.0 cm³/mol. The summed E-state index contributed by atoms with van der Waals surface area (Å²) in [5.74, 6) is 0. The molecule has 6 heavy (non-hydrogen) atoms. The number of rotatable bonds is 0. The summed E-state index contributed by atoms with van der Waals surface area (Å²) < 4.78 is -1.12. The van der Waals surface area contributed by atoms with Gasteiger partial charge >= 0.3 is 0 Å². The lowest BCUT2D eigenvalue weighted by Crippen LogP contribution is -2.22. The standard InChI is InChI=1S/CH4Cl3NSi/c2-1(3,4)6-5/h5-6H2. The van der Waals surface area contributed by atoms with Crippen molar-refractivity contribution in [1.82, 2.24) is 0 Å². The normalized spacial score (nSPS) is 14.0. The third kappa shape index (κ3) is 5.05. The molecule has 0 amide bonds. The van der Waals surface area contributed by atoms with Crippen molar-refractivity contribution in [3.05, 3.63) is 0 Å². The van der Waals surface area contributed by atoms with E-state index in [0.29, 0.717) is 0 Å². The number of halogens is 3. The van der Waals surface area contributed by atoms with Crippen LogP contribution in [-0.2, 0) is 0 Å². The molecule has 0 aliphatic heterocycles. The predicted octanol–water partition coefficient (Wildman–Crippen LogP) is 0.357. The van der Waals surface area contributed by atoms with Crippen LogP contribution in [0.5, 0.6) is 0 Å². The summed E-state index contributed by atoms with van der Waals surface area (Å²) in [6, 6.07) is 0. The maximum atomic E-state index is 5.19. The van der Waals surface area contributed by atoms with E-state index in [1.165, 1.54) is 0 Å². The summed E-state index contributed by atoms with van der Waals surface area (Å²) in [4.78, 5) is 0. The van der Waals surface area contributed by atoms with E-state index in [0.717, 1.165) is 0 Å². The van der Waals surface area contributed by atoms with Gasteiger partial charge in [-0.1, -0.05) is 34.8 Å². The zero-order chi connectivity index (χ0) is 5.21. The maximum absolute atomic E-state index is 5.19. The Kier molecular flexibility index (Phi) is 2.79. The maximum Gasteiger partial charge on any atom is 0.184 e. The van der Waals surface area contributed by atoms with E-state index in [9.17, 15) is 0 Å². The van der Waals surface area contributed by atoms with Crippen LogP contribution in [0.2, 0.25) is 0 Å². The molecule has 0 bridgehead atoms. The molecule has 1 nitrogen and oxygen atoms in total.